The van der Waals surface area contributed by atoms with E-state index >= 15 is 4.79 Å². The first-order chi connectivity index (χ1) is 32.6. The first-order valence-corrected chi connectivity index (χ1v) is 23.6. The third kappa shape index (κ3) is 8.13. The van der Waals surface area contributed by atoms with Gasteiger partial charge in [0.2, 0.25) is 7.85 Å². The molecular weight excluding hydrogens is 893 g/mol. The van der Waals surface area contributed by atoms with Gasteiger partial charge in [0.1, 0.15) is 41.5 Å². The van der Waals surface area contributed by atoms with E-state index in [1.54, 1.807) is 69.3 Å². The summed E-state index contributed by atoms with van der Waals surface area (Å²) < 4.78 is 63.5. The van der Waals surface area contributed by atoms with Crippen molar-refractivity contribution in [2.75, 3.05) is 20.8 Å². The summed E-state index contributed by atoms with van der Waals surface area (Å²) in [5, 5.41) is 14.1. The van der Waals surface area contributed by atoms with Gasteiger partial charge in [-0.25, -0.2) is 9.59 Å². The van der Waals surface area contributed by atoms with Crippen molar-refractivity contribution < 1.29 is 76.4 Å². The molecule has 2 bridgehead atoms. The summed E-state index contributed by atoms with van der Waals surface area (Å²) in [5.41, 5.74) is -5.16. The number of rotatable bonds is 12. The average molecular weight is 958 g/mol. The SMILES string of the molecule is BC(=O)N1C(c2ccc(OC)cc2OC)O[C@@H](C(=O)O[C@H]2C[C@@]3(O)[C@@H](OC(=O)c4ccccc4)[C@@H]4[C@]5(OC(C)=O)CO[C@@H]5C[C@@H]5OC(C=C)OC([C@@H](OC(C)=O)C(=C2C)C3(C)C)[C@]54C)C1CC(C)C. The number of aliphatic hydroxyl groups is 1. The predicted molar refractivity (Wildman–Crippen MR) is 247 cm³/mol. The number of carbonyl (C=O) groups is 5. The number of carbonyl (C=O) groups excluding carboxylic acids is 5. The third-order valence-electron chi connectivity index (χ3n) is 15.6. The summed E-state index contributed by atoms with van der Waals surface area (Å²) in [5.74, 6) is -3.63. The highest BCUT2D eigenvalue weighted by Crippen LogP contribution is 2.67. The summed E-state index contributed by atoms with van der Waals surface area (Å²) in [4.78, 5) is 71.8. The van der Waals surface area contributed by atoms with Gasteiger partial charge in [0.25, 0.3) is 0 Å². The van der Waals surface area contributed by atoms with Crippen LogP contribution in [0.4, 0.5) is 4.79 Å². The maximum Gasteiger partial charge on any atom is 0.338 e. The Morgan fingerprint density at radius 2 is 1.65 bits per heavy atom. The quantitative estimate of drug-likeness (QED) is 0.127. The Hall–Kier alpha value is -5.27. The van der Waals surface area contributed by atoms with E-state index in [-0.39, 0.29) is 36.7 Å². The Kier molecular flexibility index (Phi) is 13.4. The zero-order valence-electron chi connectivity index (χ0n) is 41.2. The average Bonchev–Trinajstić information content (AvgIpc) is 3.66. The highest BCUT2D eigenvalue weighted by molar-refractivity contribution is 6.57. The third-order valence-corrected chi connectivity index (χ3v) is 15.6. The lowest BCUT2D eigenvalue weighted by Gasteiger charge is -2.71. The molecule has 69 heavy (non-hydrogen) atoms. The topological polar surface area (TPSA) is 201 Å². The molecule has 8 rings (SSSR count). The number of esters is 4. The molecule has 0 radical (unpaired) electrons. The van der Waals surface area contributed by atoms with Gasteiger partial charge < -0.3 is 57.4 Å². The van der Waals surface area contributed by atoms with Gasteiger partial charge in [0, 0.05) is 49.1 Å². The molecular formula is C51H64BNO16. The monoisotopic (exact) mass is 957 g/mol. The predicted octanol–water partition coefficient (Wildman–Crippen LogP) is 5.15. The van der Waals surface area contributed by atoms with Crippen LogP contribution in [0.3, 0.4) is 0 Å². The smallest absolute Gasteiger partial charge is 0.338 e. The minimum Gasteiger partial charge on any atom is -0.497 e. The van der Waals surface area contributed by atoms with Crippen molar-refractivity contribution in [3.8, 4) is 11.5 Å². The van der Waals surface area contributed by atoms with E-state index in [2.05, 4.69) is 6.58 Å². The van der Waals surface area contributed by atoms with E-state index in [1.165, 1.54) is 46.9 Å². The lowest BCUT2D eigenvalue weighted by molar-refractivity contribution is -0.405. The molecule has 1 N–H and O–H groups in total. The number of amides is 1. The summed E-state index contributed by atoms with van der Waals surface area (Å²) in [6.07, 6.45) is -8.67. The number of nitrogens with zero attached hydrogens (tertiary/aromatic N) is 1. The van der Waals surface area contributed by atoms with Crippen molar-refractivity contribution in [1.29, 1.82) is 0 Å². The Balaban J connectivity index is 1.32. The summed E-state index contributed by atoms with van der Waals surface area (Å²) >= 11 is 0. The second kappa shape index (κ2) is 18.5. The standard InChI is InChI=1S/C51H64BNO16/c1-12-37-65-35-22-36-50(24-62-36,69-28(6)55)41-43(68-45(56)29-16-14-13-15-17-29)51(59)23-34(26(4)38(48(51,7)8)40(63-27(5)54)42(66-37)49(35,41)9)64-46(57)39-32(20-25(2)3)53(47(52)58)44(67-39)31-19-18-30(60-10)21-33(31)61-11/h12-19,21,25,32,34-37,39-44,59H,1,20,22-24,52H2,2-11H3/t32?,34-,35-,36+,37?,39+,40-,41-,42?,43-,44?,49+,50-,51+/m0/s1. The van der Waals surface area contributed by atoms with Gasteiger partial charge in [0.05, 0.1) is 44.5 Å². The molecule has 2 aromatic carbocycles. The number of hydrogen-bond donors (Lipinski definition) is 1. The van der Waals surface area contributed by atoms with E-state index < -0.39 is 113 Å². The van der Waals surface area contributed by atoms with Crippen LogP contribution in [0.25, 0.3) is 0 Å². The van der Waals surface area contributed by atoms with Crippen molar-refractivity contribution >= 4 is 37.5 Å². The molecule has 3 heterocycles. The number of hydrogen-bond acceptors (Lipinski definition) is 16. The molecule has 5 fully saturated rings. The highest BCUT2D eigenvalue weighted by atomic mass is 16.7. The molecule has 4 unspecified atom stereocenters. The van der Waals surface area contributed by atoms with Crippen molar-refractivity contribution in [2.45, 2.75) is 147 Å². The zero-order chi connectivity index (χ0) is 50.1. The van der Waals surface area contributed by atoms with E-state index in [9.17, 15) is 24.3 Å². The minimum absolute atomic E-state index is 0.0141. The van der Waals surface area contributed by atoms with Crippen LogP contribution in [0.2, 0.25) is 0 Å². The van der Waals surface area contributed by atoms with Crippen molar-refractivity contribution in [3.63, 3.8) is 0 Å². The van der Waals surface area contributed by atoms with Crippen molar-refractivity contribution in [2.24, 2.45) is 22.7 Å². The van der Waals surface area contributed by atoms with Crippen LogP contribution in [0.1, 0.15) is 96.8 Å². The van der Waals surface area contributed by atoms with Gasteiger partial charge in [-0.1, -0.05) is 59.4 Å². The molecule has 6 aliphatic rings. The largest absolute Gasteiger partial charge is 0.497 e. The van der Waals surface area contributed by atoms with Crippen LogP contribution in [0.15, 0.2) is 72.3 Å². The van der Waals surface area contributed by atoms with Gasteiger partial charge in [-0.2, -0.15) is 0 Å². The van der Waals surface area contributed by atoms with Gasteiger partial charge in [0.15, 0.2) is 36.1 Å². The van der Waals surface area contributed by atoms with Gasteiger partial charge in [-0.3, -0.25) is 14.4 Å². The lowest BCUT2D eigenvalue weighted by Crippen LogP contribution is -2.83. The van der Waals surface area contributed by atoms with Crippen LogP contribution < -0.4 is 9.47 Å². The Labute approximate surface area is 403 Å². The summed E-state index contributed by atoms with van der Waals surface area (Å²) in [6, 6.07) is 12.5. The number of benzene rings is 2. The fourth-order valence-electron chi connectivity index (χ4n) is 12.5. The second-order valence-corrected chi connectivity index (χ2v) is 20.4. The molecule has 14 atom stereocenters. The molecule has 2 aromatic rings. The summed E-state index contributed by atoms with van der Waals surface area (Å²) in [6.45, 7) is 17.4. The Morgan fingerprint density at radius 1 is 0.942 bits per heavy atom. The number of fused-ring (bicyclic) bond motifs is 4. The second-order valence-electron chi connectivity index (χ2n) is 20.4. The molecule has 3 saturated heterocycles. The first-order valence-electron chi connectivity index (χ1n) is 23.6. The molecule has 18 heteroatoms. The van der Waals surface area contributed by atoms with Crippen LogP contribution in [0, 0.1) is 22.7 Å². The van der Waals surface area contributed by atoms with Crippen LogP contribution >= 0.6 is 0 Å². The molecule has 3 aliphatic heterocycles. The molecule has 0 aromatic heterocycles. The molecule has 1 amide bonds. The molecule has 2 saturated carbocycles. The molecule has 17 nitrogen and oxygen atoms in total. The summed E-state index contributed by atoms with van der Waals surface area (Å²) in [7, 11) is 4.40. The normalized spacial score (nSPS) is 36.3. The lowest BCUT2D eigenvalue weighted by atomic mass is 9.44. The minimum atomic E-state index is -2.21. The van der Waals surface area contributed by atoms with E-state index in [0.29, 0.717) is 34.6 Å². The van der Waals surface area contributed by atoms with Gasteiger partial charge in [-0.05, 0) is 60.8 Å². The van der Waals surface area contributed by atoms with Crippen LogP contribution in [-0.2, 0) is 52.3 Å². The molecule has 372 valence electrons. The fraction of sp³-hybridized carbons (Fsp3) is 0.588. The van der Waals surface area contributed by atoms with E-state index in [1.807, 2.05) is 20.8 Å². The van der Waals surface area contributed by atoms with E-state index in [0.717, 1.165) is 0 Å². The maximum absolute atomic E-state index is 15.2. The molecule has 3 aliphatic carbocycles. The fourth-order valence-corrected chi connectivity index (χ4v) is 12.5. The zero-order valence-corrected chi connectivity index (χ0v) is 41.2. The number of ether oxygens (including phenoxy) is 10. The van der Waals surface area contributed by atoms with Crippen LogP contribution in [-0.4, -0.2) is 135 Å². The molecule has 0 spiro atoms. The van der Waals surface area contributed by atoms with Crippen molar-refractivity contribution in [1.82, 2.24) is 4.90 Å². The Morgan fingerprint density at radius 3 is 2.23 bits per heavy atom. The van der Waals surface area contributed by atoms with Gasteiger partial charge in [-0.15, -0.1) is 0 Å². The first kappa shape index (κ1) is 50.1. The van der Waals surface area contributed by atoms with Gasteiger partial charge >= 0.3 is 23.9 Å². The maximum atomic E-state index is 15.2. The highest BCUT2D eigenvalue weighted by Gasteiger charge is 2.80. The van der Waals surface area contributed by atoms with Crippen LogP contribution in [0.5, 0.6) is 11.5 Å². The van der Waals surface area contributed by atoms with Crippen molar-refractivity contribution in [3.05, 3.63) is 83.5 Å². The Bertz CT molecular complexity index is 2410. The number of methoxy groups -OCH3 is 2. The van der Waals surface area contributed by atoms with E-state index in [4.69, 9.17) is 47.4 Å².